The first-order valence-electron chi connectivity index (χ1n) is 6.18. The van der Waals surface area contributed by atoms with E-state index >= 15 is 0 Å². The molecule has 0 aliphatic rings. The van der Waals surface area contributed by atoms with Crippen LogP contribution in [0.1, 0.15) is 19.1 Å². The van der Waals surface area contributed by atoms with E-state index in [1.54, 1.807) is 7.11 Å². The molecule has 2 rings (SSSR count). The van der Waals surface area contributed by atoms with Crippen molar-refractivity contribution in [3.05, 3.63) is 30.0 Å². The van der Waals surface area contributed by atoms with Crippen molar-refractivity contribution in [1.29, 1.82) is 0 Å². The Labute approximate surface area is 107 Å². The van der Waals surface area contributed by atoms with Gasteiger partial charge in [-0.2, -0.15) is 0 Å². The third-order valence-corrected chi connectivity index (χ3v) is 2.93. The number of hydrogen-bond acceptors (Lipinski definition) is 4. The van der Waals surface area contributed by atoms with Gasteiger partial charge in [-0.05, 0) is 18.6 Å². The molecule has 1 aromatic heterocycles. The van der Waals surface area contributed by atoms with Gasteiger partial charge in [0.1, 0.15) is 5.76 Å². The number of rotatable bonds is 6. The van der Waals surface area contributed by atoms with Gasteiger partial charge in [-0.3, -0.25) is 0 Å². The number of aliphatic hydroxyl groups is 1. The first-order chi connectivity index (χ1) is 8.74. The molecule has 1 aromatic carbocycles. The molecule has 98 valence electrons. The molecule has 0 aliphatic carbocycles. The number of nitrogens with one attached hydrogen (secondary N) is 1. The lowest BCUT2D eigenvalue weighted by atomic mass is 10.2. The minimum Gasteiger partial charge on any atom is -0.493 e. The van der Waals surface area contributed by atoms with E-state index in [9.17, 15) is 5.11 Å². The summed E-state index contributed by atoms with van der Waals surface area (Å²) in [5.74, 6) is 1.59. The van der Waals surface area contributed by atoms with Crippen molar-refractivity contribution in [2.45, 2.75) is 26.0 Å². The lowest BCUT2D eigenvalue weighted by Gasteiger charge is -2.07. The Kier molecular flexibility index (Phi) is 4.23. The summed E-state index contributed by atoms with van der Waals surface area (Å²) in [7, 11) is 1.63. The van der Waals surface area contributed by atoms with Crippen LogP contribution >= 0.6 is 0 Å². The van der Waals surface area contributed by atoms with Gasteiger partial charge in [0.2, 0.25) is 0 Å². The Morgan fingerprint density at radius 1 is 1.44 bits per heavy atom. The molecular weight excluding hydrogens is 230 g/mol. The summed E-state index contributed by atoms with van der Waals surface area (Å²) in [4.78, 5) is 0. The van der Waals surface area contributed by atoms with Crippen LogP contribution in [0.15, 0.2) is 28.7 Å². The molecule has 0 saturated carbocycles. The molecule has 1 atom stereocenters. The van der Waals surface area contributed by atoms with E-state index in [-0.39, 0.29) is 6.10 Å². The van der Waals surface area contributed by atoms with Crippen LogP contribution in [0.5, 0.6) is 5.75 Å². The fraction of sp³-hybridized carbons (Fsp3) is 0.429. The maximum atomic E-state index is 9.44. The molecule has 0 amide bonds. The van der Waals surface area contributed by atoms with Gasteiger partial charge in [0, 0.05) is 11.9 Å². The van der Waals surface area contributed by atoms with E-state index in [0.717, 1.165) is 28.9 Å². The van der Waals surface area contributed by atoms with Gasteiger partial charge >= 0.3 is 0 Å². The summed E-state index contributed by atoms with van der Waals surface area (Å²) in [6, 6.07) is 7.80. The maximum absolute atomic E-state index is 9.44. The summed E-state index contributed by atoms with van der Waals surface area (Å²) in [6.07, 6.45) is 0.449. The molecule has 4 heteroatoms. The average Bonchev–Trinajstić information content (AvgIpc) is 2.80. The van der Waals surface area contributed by atoms with Crippen LogP contribution in [-0.2, 0) is 6.54 Å². The van der Waals surface area contributed by atoms with Crippen LogP contribution in [-0.4, -0.2) is 24.9 Å². The molecule has 1 heterocycles. The minimum absolute atomic E-state index is 0.302. The fourth-order valence-electron chi connectivity index (χ4n) is 1.84. The zero-order chi connectivity index (χ0) is 13.0. The molecule has 18 heavy (non-hydrogen) atoms. The predicted octanol–water partition coefficient (Wildman–Crippen LogP) is 2.30. The second-order valence-electron chi connectivity index (χ2n) is 4.28. The van der Waals surface area contributed by atoms with Gasteiger partial charge < -0.3 is 19.6 Å². The third kappa shape index (κ3) is 2.83. The molecule has 0 aliphatic heterocycles. The second kappa shape index (κ2) is 5.89. The Morgan fingerprint density at radius 2 is 2.28 bits per heavy atom. The lowest BCUT2D eigenvalue weighted by Crippen LogP contribution is -2.25. The van der Waals surface area contributed by atoms with Crippen LogP contribution in [0.4, 0.5) is 0 Å². The molecule has 4 nitrogen and oxygen atoms in total. The molecule has 0 bridgehead atoms. The lowest BCUT2D eigenvalue weighted by molar-refractivity contribution is 0.166. The monoisotopic (exact) mass is 249 g/mol. The number of aliphatic hydroxyl groups excluding tert-OH is 1. The van der Waals surface area contributed by atoms with Gasteiger partial charge in [0.25, 0.3) is 0 Å². The molecule has 2 N–H and O–H groups in total. The normalized spacial score (nSPS) is 12.8. The molecule has 0 saturated heterocycles. The minimum atomic E-state index is -0.302. The number of furan rings is 1. The molecule has 1 unspecified atom stereocenters. The first kappa shape index (κ1) is 12.9. The number of ether oxygens (including phenoxy) is 1. The highest BCUT2D eigenvalue weighted by molar-refractivity contribution is 5.83. The van der Waals surface area contributed by atoms with E-state index in [0.29, 0.717) is 13.1 Å². The number of methoxy groups -OCH3 is 1. The summed E-state index contributed by atoms with van der Waals surface area (Å²) in [6.45, 7) is 3.14. The van der Waals surface area contributed by atoms with Crippen LogP contribution in [0.3, 0.4) is 0 Å². The molecule has 2 aromatic rings. The number of para-hydroxylation sites is 1. The van der Waals surface area contributed by atoms with Crippen molar-refractivity contribution >= 4 is 11.0 Å². The van der Waals surface area contributed by atoms with Gasteiger partial charge in [0.05, 0.1) is 19.8 Å². The summed E-state index contributed by atoms with van der Waals surface area (Å²) < 4.78 is 11.0. The molecular formula is C14H19NO3. The smallest absolute Gasteiger partial charge is 0.176 e. The Hall–Kier alpha value is -1.52. The van der Waals surface area contributed by atoms with Gasteiger partial charge in [-0.25, -0.2) is 0 Å². The van der Waals surface area contributed by atoms with Gasteiger partial charge in [0.15, 0.2) is 11.3 Å². The zero-order valence-corrected chi connectivity index (χ0v) is 10.8. The first-order valence-corrected chi connectivity index (χ1v) is 6.18. The Balaban J connectivity index is 2.06. The molecule has 0 fully saturated rings. The van der Waals surface area contributed by atoms with E-state index in [1.165, 1.54) is 0 Å². The molecule has 0 spiro atoms. The van der Waals surface area contributed by atoms with Crippen LogP contribution in [0.25, 0.3) is 11.0 Å². The van der Waals surface area contributed by atoms with Crippen molar-refractivity contribution in [2.24, 2.45) is 0 Å². The number of benzene rings is 1. The SMILES string of the molecule is CCC(O)CNCc1cc2cccc(OC)c2o1. The van der Waals surface area contributed by atoms with Gasteiger partial charge in [-0.15, -0.1) is 0 Å². The van der Waals surface area contributed by atoms with Crippen molar-refractivity contribution in [2.75, 3.05) is 13.7 Å². The van der Waals surface area contributed by atoms with Crippen molar-refractivity contribution in [1.82, 2.24) is 5.32 Å². The highest BCUT2D eigenvalue weighted by Crippen LogP contribution is 2.28. The third-order valence-electron chi connectivity index (χ3n) is 2.93. The summed E-state index contributed by atoms with van der Waals surface area (Å²) in [5, 5.41) is 13.6. The maximum Gasteiger partial charge on any atom is 0.176 e. The Morgan fingerprint density at radius 3 is 3.00 bits per heavy atom. The zero-order valence-electron chi connectivity index (χ0n) is 10.8. The van der Waals surface area contributed by atoms with Crippen molar-refractivity contribution in [3.8, 4) is 5.75 Å². The van der Waals surface area contributed by atoms with Crippen LogP contribution < -0.4 is 10.1 Å². The van der Waals surface area contributed by atoms with Crippen LogP contribution in [0.2, 0.25) is 0 Å². The second-order valence-corrected chi connectivity index (χ2v) is 4.28. The van der Waals surface area contributed by atoms with E-state index in [1.807, 2.05) is 31.2 Å². The highest BCUT2D eigenvalue weighted by Gasteiger charge is 2.08. The van der Waals surface area contributed by atoms with Crippen molar-refractivity contribution in [3.63, 3.8) is 0 Å². The standard InChI is InChI=1S/C14H19NO3/c1-3-11(16)8-15-9-12-7-10-5-4-6-13(17-2)14(10)18-12/h4-7,11,15-16H,3,8-9H2,1-2H3. The van der Waals surface area contributed by atoms with E-state index in [4.69, 9.17) is 9.15 Å². The summed E-state index contributed by atoms with van der Waals surface area (Å²) in [5.41, 5.74) is 0.771. The topological polar surface area (TPSA) is 54.6 Å². The number of fused-ring (bicyclic) bond motifs is 1. The quantitative estimate of drug-likeness (QED) is 0.824. The fourth-order valence-corrected chi connectivity index (χ4v) is 1.84. The van der Waals surface area contributed by atoms with E-state index in [2.05, 4.69) is 5.32 Å². The van der Waals surface area contributed by atoms with Crippen LogP contribution in [0, 0.1) is 0 Å². The largest absolute Gasteiger partial charge is 0.493 e. The Bertz CT molecular complexity index is 507. The molecule has 0 radical (unpaired) electrons. The summed E-state index contributed by atoms with van der Waals surface area (Å²) >= 11 is 0. The number of hydrogen-bond donors (Lipinski definition) is 2. The predicted molar refractivity (Wildman–Crippen MR) is 70.8 cm³/mol. The van der Waals surface area contributed by atoms with Gasteiger partial charge in [-0.1, -0.05) is 19.1 Å². The highest BCUT2D eigenvalue weighted by atomic mass is 16.5. The van der Waals surface area contributed by atoms with Crippen molar-refractivity contribution < 1.29 is 14.3 Å². The van der Waals surface area contributed by atoms with E-state index < -0.39 is 0 Å². The average molecular weight is 249 g/mol.